The summed E-state index contributed by atoms with van der Waals surface area (Å²) in [7, 11) is 0. The van der Waals surface area contributed by atoms with Gasteiger partial charge in [-0.2, -0.15) is 0 Å². The Morgan fingerprint density at radius 1 is 1.13 bits per heavy atom. The van der Waals surface area contributed by atoms with E-state index in [-0.39, 0.29) is 11.5 Å². The van der Waals surface area contributed by atoms with Gasteiger partial charge in [-0.15, -0.1) is 0 Å². The average molecular weight is 316 g/mol. The Bertz CT molecular complexity index is 579. The summed E-state index contributed by atoms with van der Waals surface area (Å²) in [5, 5.41) is 20.0. The molecule has 4 aliphatic rings. The summed E-state index contributed by atoms with van der Waals surface area (Å²) in [6.07, 6.45) is 6.78. The Morgan fingerprint density at radius 3 is 2.65 bits per heavy atom. The fraction of sp³-hybridized carbons (Fsp3) is 0.700. The Hall–Kier alpha value is -1.06. The van der Waals surface area contributed by atoms with Crippen molar-refractivity contribution in [1.82, 2.24) is 0 Å². The highest BCUT2D eigenvalue weighted by atomic mass is 16.6. The van der Waals surface area contributed by atoms with E-state index in [1.54, 1.807) is 0 Å². The van der Waals surface area contributed by atoms with Crippen LogP contribution in [0.4, 0.5) is 0 Å². The lowest BCUT2D eigenvalue weighted by Gasteiger charge is -2.50. The lowest BCUT2D eigenvalue weighted by Crippen LogP contribution is -2.43. The largest absolute Gasteiger partial charge is 0.508 e. The minimum absolute atomic E-state index is 0.0883. The van der Waals surface area contributed by atoms with Gasteiger partial charge in [0.2, 0.25) is 0 Å². The highest BCUT2D eigenvalue weighted by Gasteiger charge is 2.54. The van der Waals surface area contributed by atoms with Crippen LogP contribution in [0.25, 0.3) is 0 Å². The van der Waals surface area contributed by atoms with Gasteiger partial charge in [0, 0.05) is 0 Å². The number of aromatic hydroxyl groups is 1. The fourth-order valence-electron chi connectivity index (χ4n) is 5.54. The number of rotatable bonds is 0. The molecular weight excluding hydrogens is 288 g/mol. The third-order valence-electron chi connectivity index (χ3n) is 6.86. The summed E-state index contributed by atoms with van der Waals surface area (Å²) in [5.74, 6) is 2.49. The van der Waals surface area contributed by atoms with Crippen LogP contribution in [0.2, 0.25) is 0 Å². The zero-order valence-corrected chi connectivity index (χ0v) is 14.0. The summed E-state index contributed by atoms with van der Waals surface area (Å²) in [5.41, 5.74) is 2.99. The zero-order chi connectivity index (χ0) is 16.0. The molecule has 1 aromatic carbocycles. The second-order valence-electron chi connectivity index (χ2n) is 8.05. The normalized spacial score (nSPS) is 40.3. The highest BCUT2D eigenvalue weighted by Crippen LogP contribution is 2.60. The first-order chi connectivity index (χ1) is 11.1. The zero-order valence-electron chi connectivity index (χ0n) is 14.0. The predicted molar refractivity (Wildman–Crippen MR) is 89.5 cm³/mol. The number of epoxide rings is 1. The number of benzene rings is 1. The van der Waals surface area contributed by atoms with E-state index in [0.29, 0.717) is 17.6 Å². The molecule has 3 nitrogen and oxygen atoms in total. The summed E-state index contributed by atoms with van der Waals surface area (Å²) in [6.45, 7) is 4.32. The first-order valence-corrected chi connectivity index (χ1v) is 9.17. The molecule has 0 radical (unpaired) electrons. The Balaban J connectivity index is 0.000000406. The summed E-state index contributed by atoms with van der Waals surface area (Å²) in [6, 6.07) is 5.96. The van der Waals surface area contributed by atoms with E-state index in [0.717, 1.165) is 38.4 Å². The van der Waals surface area contributed by atoms with Crippen molar-refractivity contribution in [3.8, 4) is 5.75 Å². The first-order valence-electron chi connectivity index (χ1n) is 9.17. The second kappa shape index (κ2) is 5.78. The monoisotopic (exact) mass is 316 g/mol. The van der Waals surface area contributed by atoms with Crippen LogP contribution in [0.5, 0.6) is 5.75 Å². The summed E-state index contributed by atoms with van der Waals surface area (Å²) in [4.78, 5) is 0. The van der Waals surface area contributed by atoms with Crippen LogP contribution in [-0.2, 0) is 11.2 Å². The molecule has 5 rings (SSSR count). The van der Waals surface area contributed by atoms with Crippen molar-refractivity contribution in [3.05, 3.63) is 29.3 Å². The molecule has 0 aromatic heterocycles. The van der Waals surface area contributed by atoms with Gasteiger partial charge in [0.15, 0.2) is 0 Å². The molecule has 2 N–H and O–H groups in total. The van der Waals surface area contributed by atoms with Crippen molar-refractivity contribution in [2.75, 3.05) is 13.2 Å². The van der Waals surface area contributed by atoms with E-state index in [9.17, 15) is 10.2 Å². The molecule has 0 bridgehead atoms. The second-order valence-corrected chi connectivity index (χ2v) is 8.05. The van der Waals surface area contributed by atoms with Crippen molar-refractivity contribution >= 4 is 0 Å². The number of fused-ring (bicyclic) bond motifs is 5. The Kier molecular flexibility index (Phi) is 3.89. The van der Waals surface area contributed by atoms with Gasteiger partial charge >= 0.3 is 0 Å². The molecule has 3 heteroatoms. The van der Waals surface area contributed by atoms with Crippen molar-refractivity contribution in [3.63, 3.8) is 0 Å². The Morgan fingerprint density at radius 2 is 1.91 bits per heavy atom. The van der Waals surface area contributed by atoms with Crippen LogP contribution >= 0.6 is 0 Å². The van der Waals surface area contributed by atoms with E-state index >= 15 is 0 Å². The van der Waals surface area contributed by atoms with E-state index in [2.05, 4.69) is 17.7 Å². The number of phenols is 1. The molecule has 1 heterocycles. The molecule has 5 atom stereocenters. The summed E-state index contributed by atoms with van der Waals surface area (Å²) < 4.78 is 4.50. The number of aliphatic hydroxyl groups is 1. The van der Waals surface area contributed by atoms with Gasteiger partial charge in [-0.05, 0) is 85.0 Å². The van der Waals surface area contributed by atoms with Gasteiger partial charge in [0.05, 0.1) is 19.3 Å². The topological polar surface area (TPSA) is 53.0 Å². The van der Waals surface area contributed by atoms with Crippen LogP contribution < -0.4 is 0 Å². The third kappa shape index (κ3) is 2.68. The maximum Gasteiger partial charge on any atom is 0.115 e. The third-order valence-corrected chi connectivity index (χ3v) is 6.86. The van der Waals surface area contributed by atoms with Gasteiger partial charge in [-0.25, -0.2) is 0 Å². The standard InChI is InChI=1S/C18H24O2.C2H4O/c1-18-9-8-14-13-5-3-12(19)10-11(13)2-4-15(14)16(18)6-7-17(18)20;1-2-3-1/h3,5,10,14-17,19-20H,2,4,6-9H2,1H3;1-2H2/t14-,15-,16+,17+,18+;/m1./s1. The lowest BCUT2D eigenvalue weighted by molar-refractivity contribution is -0.0226. The minimum Gasteiger partial charge on any atom is -0.508 e. The number of phenolic OH excluding ortho intramolecular Hbond substituents is 1. The van der Waals surface area contributed by atoms with Crippen LogP contribution in [0.15, 0.2) is 18.2 Å². The van der Waals surface area contributed by atoms with E-state index in [4.69, 9.17) is 0 Å². The number of hydrogen-bond donors (Lipinski definition) is 2. The molecule has 23 heavy (non-hydrogen) atoms. The minimum atomic E-state index is -0.0883. The molecule has 0 spiro atoms. The maximum absolute atomic E-state index is 10.4. The van der Waals surface area contributed by atoms with Crippen LogP contribution in [0.1, 0.15) is 56.1 Å². The molecule has 1 saturated heterocycles. The van der Waals surface area contributed by atoms with Gasteiger partial charge < -0.3 is 14.9 Å². The molecule has 3 aliphatic carbocycles. The van der Waals surface area contributed by atoms with Crippen LogP contribution in [0, 0.1) is 17.3 Å². The molecule has 3 fully saturated rings. The molecule has 1 aromatic rings. The molecule has 1 aliphatic heterocycles. The van der Waals surface area contributed by atoms with Crippen LogP contribution in [0.3, 0.4) is 0 Å². The molecule has 0 amide bonds. The van der Waals surface area contributed by atoms with E-state index in [1.165, 1.54) is 30.4 Å². The van der Waals surface area contributed by atoms with Crippen molar-refractivity contribution < 1.29 is 14.9 Å². The number of aliphatic hydroxyl groups excluding tert-OH is 1. The number of aryl methyl sites for hydroxylation is 1. The molecular formula is C20H28O3. The van der Waals surface area contributed by atoms with Crippen molar-refractivity contribution in [2.24, 2.45) is 17.3 Å². The van der Waals surface area contributed by atoms with Crippen molar-refractivity contribution in [2.45, 2.75) is 57.5 Å². The maximum atomic E-state index is 10.4. The van der Waals surface area contributed by atoms with E-state index < -0.39 is 0 Å². The SMILES string of the molecule is C1CO1.C[C@]12CC[C@@H]3c4ccc(O)cc4CC[C@H]3[C@@H]1CC[C@@H]2O. The van der Waals surface area contributed by atoms with Gasteiger partial charge in [-0.3, -0.25) is 0 Å². The smallest absolute Gasteiger partial charge is 0.115 e. The average Bonchev–Trinajstić information content (AvgIpc) is 3.38. The van der Waals surface area contributed by atoms with Gasteiger partial charge in [0.1, 0.15) is 5.75 Å². The highest BCUT2D eigenvalue weighted by molar-refractivity contribution is 5.40. The molecule has 2 saturated carbocycles. The first kappa shape index (κ1) is 15.5. The predicted octanol–water partition coefficient (Wildman–Crippen LogP) is 3.63. The fourth-order valence-corrected chi connectivity index (χ4v) is 5.54. The lowest BCUT2D eigenvalue weighted by atomic mass is 9.55. The quantitative estimate of drug-likeness (QED) is 0.719. The van der Waals surface area contributed by atoms with E-state index in [1.807, 2.05) is 12.1 Å². The van der Waals surface area contributed by atoms with Crippen LogP contribution in [-0.4, -0.2) is 29.5 Å². The molecule has 0 unspecified atom stereocenters. The van der Waals surface area contributed by atoms with Crippen molar-refractivity contribution in [1.29, 1.82) is 0 Å². The molecule has 126 valence electrons. The Labute approximate surface area is 138 Å². The summed E-state index contributed by atoms with van der Waals surface area (Å²) >= 11 is 0. The number of hydrogen-bond acceptors (Lipinski definition) is 3. The number of ether oxygens (including phenoxy) is 1. The van der Waals surface area contributed by atoms with Gasteiger partial charge in [-0.1, -0.05) is 13.0 Å². The van der Waals surface area contributed by atoms with Gasteiger partial charge in [0.25, 0.3) is 0 Å².